The van der Waals surface area contributed by atoms with Crippen molar-refractivity contribution in [2.75, 3.05) is 17.6 Å². The van der Waals surface area contributed by atoms with E-state index < -0.39 is 17.8 Å². The van der Waals surface area contributed by atoms with E-state index in [9.17, 15) is 18.0 Å². The molecule has 1 fully saturated rings. The summed E-state index contributed by atoms with van der Waals surface area (Å²) in [5.74, 6) is 2.04. The molecule has 1 atom stereocenters. The highest BCUT2D eigenvalue weighted by Crippen LogP contribution is 2.40. The van der Waals surface area contributed by atoms with Gasteiger partial charge in [0.1, 0.15) is 16.9 Å². The molecule has 0 bridgehead atoms. The Morgan fingerprint density at radius 1 is 1.29 bits per heavy atom. The monoisotopic (exact) mass is 356 g/mol. The summed E-state index contributed by atoms with van der Waals surface area (Å²) in [4.78, 5) is 14.0. The number of benzene rings is 1. The van der Waals surface area contributed by atoms with Crippen LogP contribution >= 0.6 is 11.8 Å². The van der Waals surface area contributed by atoms with E-state index in [1.807, 2.05) is 0 Å². The van der Waals surface area contributed by atoms with Gasteiger partial charge in [0.15, 0.2) is 0 Å². The number of anilines is 1. The van der Waals surface area contributed by atoms with Gasteiger partial charge in [0, 0.05) is 12.3 Å². The van der Waals surface area contributed by atoms with Gasteiger partial charge in [0.25, 0.3) is 0 Å². The lowest BCUT2D eigenvalue weighted by Crippen LogP contribution is -2.34. The molecule has 1 aromatic carbocycles. The third kappa shape index (κ3) is 3.38. The largest absolute Gasteiger partial charge is 0.463 e. The molecule has 24 heavy (non-hydrogen) atoms. The van der Waals surface area contributed by atoms with Gasteiger partial charge in [-0.05, 0) is 31.2 Å². The van der Waals surface area contributed by atoms with Crippen molar-refractivity contribution >= 4 is 23.5 Å². The quantitative estimate of drug-likeness (QED) is 0.834. The molecule has 1 aliphatic rings. The number of amides is 2. The Balaban J connectivity index is 1.80. The van der Waals surface area contributed by atoms with Gasteiger partial charge in [-0.1, -0.05) is 12.1 Å². The van der Waals surface area contributed by atoms with Crippen molar-refractivity contribution in [3.8, 4) is 0 Å². The van der Waals surface area contributed by atoms with Crippen LogP contribution in [0.1, 0.15) is 22.5 Å². The molecular formula is C16H15F3N2O2S. The van der Waals surface area contributed by atoms with Gasteiger partial charge >= 0.3 is 12.2 Å². The molecule has 1 aliphatic heterocycles. The van der Waals surface area contributed by atoms with E-state index >= 15 is 0 Å². The number of nitrogens with zero attached hydrogens (tertiary/aromatic N) is 1. The zero-order valence-corrected chi connectivity index (χ0v) is 13.6. The minimum atomic E-state index is -4.53. The van der Waals surface area contributed by atoms with E-state index in [2.05, 4.69) is 5.32 Å². The summed E-state index contributed by atoms with van der Waals surface area (Å²) < 4.78 is 44.7. The number of carbonyl (C=O) groups excluding carboxylic acids is 1. The summed E-state index contributed by atoms with van der Waals surface area (Å²) in [6.07, 6.45) is -4.53. The molecule has 1 saturated heterocycles. The zero-order chi connectivity index (χ0) is 17.3. The standard InChI is InChI=1S/C16H15F3N2O2S/c1-10-6-7-13(23-10)14-21(8-9-24-14)15(22)20-12-5-3-2-4-11(12)16(17,18)19/h2-7,14H,8-9H2,1H3,(H,20,22). The number of hydrogen-bond donors (Lipinski definition) is 1. The molecule has 0 radical (unpaired) electrons. The molecule has 0 spiro atoms. The van der Waals surface area contributed by atoms with E-state index in [0.717, 1.165) is 11.8 Å². The number of hydrogen-bond acceptors (Lipinski definition) is 3. The first-order valence-electron chi connectivity index (χ1n) is 7.28. The number of furan rings is 1. The highest BCUT2D eigenvalue weighted by atomic mass is 32.2. The molecule has 2 heterocycles. The number of urea groups is 1. The van der Waals surface area contributed by atoms with Crippen molar-refractivity contribution in [1.82, 2.24) is 4.90 Å². The Labute approximate surface area is 141 Å². The SMILES string of the molecule is Cc1ccc(C2SCCN2C(=O)Nc2ccccc2C(F)(F)F)o1. The highest BCUT2D eigenvalue weighted by molar-refractivity contribution is 7.99. The van der Waals surface area contributed by atoms with E-state index in [1.54, 1.807) is 19.1 Å². The number of thioether (sulfide) groups is 1. The molecule has 2 aromatic rings. The Kier molecular flexibility index (Phi) is 4.49. The predicted octanol–water partition coefficient (Wildman–Crippen LogP) is 4.89. The number of rotatable bonds is 2. The minimum absolute atomic E-state index is 0.249. The summed E-state index contributed by atoms with van der Waals surface area (Å²) in [6.45, 7) is 2.24. The molecule has 8 heteroatoms. The average molecular weight is 356 g/mol. The molecule has 0 saturated carbocycles. The van der Waals surface area contributed by atoms with Crippen molar-refractivity contribution in [3.63, 3.8) is 0 Å². The van der Waals surface area contributed by atoms with Gasteiger partial charge in [0.05, 0.1) is 11.3 Å². The van der Waals surface area contributed by atoms with Crippen molar-refractivity contribution in [1.29, 1.82) is 0 Å². The van der Waals surface area contributed by atoms with Crippen LogP contribution in [0.5, 0.6) is 0 Å². The number of halogens is 3. The predicted molar refractivity (Wildman–Crippen MR) is 85.8 cm³/mol. The maximum atomic E-state index is 13.0. The van der Waals surface area contributed by atoms with Gasteiger partial charge < -0.3 is 14.6 Å². The topological polar surface area (TPSA) is 45.5 Å². The van der Waals surface area contributed by atoms with Gasteiger partial charge in [-0.2, -0.15) is 13.2 Å². The maximum absolute atomic E-state index is 13.0. The second-order valence-corrected chi connectivity index (χ2v) is 6.53. The lowest BCUT2D eigenvalue weighted by molar-refractivity contribution is -0.136. The van der Waals surface area contributed by atoms with Crippen LogP contribution in [0.3, 0.4) is 0 Å². The van der Waals surface area contributed by atoms with Gasteiger partial charge in [-0.15, -0.1) is 11.8 Å². The fourth-order valence-electron chi connectivity index (χ4n) is 2.53. The van der Waals surface area contributed by atoms with E-state index in [-0.39, 0.29) is 11.1 Å². The normalized spacial score (nSPS) is 18.0. The van der Waals surface area contributed by atoms with E-state index in [4.69, 9.17) is 4.42 Å². The van der Waals surface area contributed by atoms with Gasteiger partial charge in [-0.3, -0.25) is 0 Å². The van der Waals surface area contributed by atoms with Crippen LogP contribution in [-0.4, -0.2) is 23.2 Å². The third-order valence-corrected chi connectivity index (χ3v) is 4.85. The van der Waals surface area contributed by atoms with Crippen LogP contribution in [0.2, 0.25) is 0 Å². The number of alkyl halides is 3. The van der Waals surface area contributed by atoms with Crippen molar-refractivity contribution in [2.24, 2.45) is 0 Å². The Morgan fingerprint density at radius 3 is 2.71 bits per heavy atom. The highest BCUT2D eigenvalue weighted by Gasteiger charge is 2.36. The fourth-order valence-corrected chi connectivity index (χ4v) is 3.72. The summed E-state index contributed by atoms with van der Waals surface area (Å²) in [5.41, 5.74) is -1.11. The first kappa shape index (κ1) is 16.8. The van der Waals surface area contributed by atoms with Crippen molar-refractivity contribution < 1.29 is 22.4 Å². The van der Waals surface area contributed by atoms with E-state index in [1.165, 1.54) is 34.9 Å². The molecule has 1 unspecified atom stereocenters. The van der Waals surface area contributed by atoms with Crippen molar-refractivity contribution in [2.45, 2.75) is 18.5 Å². The molecule has 3 rings (SSSR count). The van der Waals surface area contributed by atoms with Gasteiger partial charge in [0.2, 0.25) is 0 Å². The molecule has 1 aromatic heterocycles. The van der Waals surface area contributed by atoms with Crippen LogP contribution in [-0.2, 0) is 6.18 Å². The third-order valence-electron chi connectivity index (χ3n) is 3.63. The summed E-state index contributed by atoms with van der Waals surface area (Å²) in [7, 11) is 0. The van der Waals surface area contributed by atoms with Gasteiger partial charge in [-0.25, -0.2) is 4.79 Å². The Morgan fingerprint density at radius 2 is 2.04 bits per heavy atom. The molecule has 1 N–H and O–H groups in total. The molecule has 128 valence electrons. The van der Waals surface area contributed by atoms with Crippen LogP contribution in [0.4, 0.5) is 23.7 Å². The van der Waals surface area contributed by atoms with Crippen LogP contribution in [0.15, 0.2) is 40.8 Å². The fraction of sp³-hybridized carbons (Fsp3) is 0.312. The Bertz CT molecular complexity index is 745. The Hall–Kier alpha value is -2.09. The van der Waals surface area contributed by atoms with Crippen LogP contribution < -0.4 is 5.32 Å². The first-order chi connectivity index (χ1) is 11.4. The average Bonchev–Trinajstić information content (AvgIpc) is 3.15. The molecule has 2 amide bonds. The first-order valence-corrected chi connectivity index (χ1v) is 8.33. The lowest BCUT2D eigenvalue weighted by Gasteiger charge is -2.23. The van der Waals surface area contributed by atoms with E-state index in [0.29, 0.717) is 18.1 Å². The second kappa shape index (κ2) is 6.43. The molecule has 4 nitrogen and oxygen atoms in total. The number of nitrogens with one attached hydrogen (secondary N) is 1. The van der Waals surface area contributed by atoms with Crippen molar-refractivity contribution in [3.05, 3.63) is 53.5 Å². The number of carbonyl (C=O) groups is 1. The smallest absolute Gasteiger partial charge is 0.418 e. The number of para-hydroxylation sites is 1. The lowest BCUT2D eigenvalue weighted by atomic mass is 10.1. The maximum Gasteiger partial charge on any atom is 0.418 e. The summed E-state index contributed by atoms with van der Waals surface area (Å²) in [5, 5.41) is 2.04. The molecule has 0 aliphatic carbocycles. The summed E-state index contributed by atoms with van der Waals surface area (Å²) in [6, 6.07) is 7.94. The molecular weight excluding hydrogens is 341 g/mol. The van der Waals surface area contributed by atoms with Crippen LogP contribution in [0.25, 0.3) is 0 Å². The summed E-state index contributed by atoms with van der Waals surface area (Å²) >= 11 is 1.51. The minimum Gasteiger partial charge on any atom is -0.463 e. The second-order valence-electron chi connectivity index (χ2n) is 5.34. The zero-order valence-electron chi connectivity index (χ0n) is 12.8. The van der Waals surface area contributed by atoms with Crippen LogP contribution in [0, 0.1) is 6.92 Å². The number of aryl methyl sites for hydroxylation is 1.